The van der Waals surface area contributed by atoms with Crippen molar-refractivity contribution in [3.8, 4) is 22.9 Å². The van der Waals surface area contributed by atoms with Gasteiger partial charge < -0.3 is 9.67 Å². The zero-order chi connectivity index (χ0) is 24.0. The fourth-order valence-electron chi connectivity index (χ4n) is 4.19. The van der Waals surface area contributed by atoms with Crippen molar-refractivity contribution in [1.82, 2.24) is 14.1 Å². The Hall–Kier alpha value is -4.41. The maximum atomic E-state index is 11.6. The first-order valence-corrected chi connectivity index (χ1v) is 10.8. The zero-order valence-corrected chi connectivity index (χ0v) is 19.1. The Morgan fingerprint density at radius 3 is 2.53 bits per heavy atom. The summed E-state index contributed by atoms with van der Waals surface area (Å²) in [6.07, 6.45) is 0.397. The quantitative estimate of drug-likeness (QED) is 0.365. The highest BCUT2D eigenvalue weighted by atomic mass is 35.5. The van der Waals surface area contributed by atoms with Crippen molar-refractivity contribution in [2.75, 3.05) is 0 Å². The van der Waals surface area contributed by atoms with Gasteiger partial charge in [0.15, 0.2) is 0 Å². The number of carbonyl (C=O) groups is 1. The third kappa shape index (κ3) is 3.51. The molecule has 0 aliphatic rings. The smallest absolute Gasteiger partial charge is 0.434 e. The first-order chi connectivity index (χ1) is 16.4. The summed E-state index contributed by atoms with van der Waals surface area (Å²) in [5.41, 5.74) is 6.39. The van der Waals surface area contributed by atoms with Gasteiger partial charge >= 0.3 is 6.09 Å². The van der Waals surface area contributed by atoms with Gasteiger partial charge in [-0.3, -0.25) is 9.55 Å². The van der Waals surface area contributed by atoms with Crippen LogP contribution in [0.15, 0.2) is 71.9 Å². The molecule has 0 bridgehead atoms. The number of fused-ring (bicyclic) bond motifs is 3. The van der Waals surface area contributed by atoms with E-state index < -0.39 is 6.09 Å². The number of halogens is 1. The second kappa shape index (κ2) is 8.18. The molecule has 0 saturated heterocycles. The summed E-state index contributed by atoms with van der Waals surface area (Å²) in [5.74, 6) is 0. The van der Waals surface area contributed by atoms with Crippen LogP contribution in [0, 0.1) is 18.3 Å². The van der Waals surface area contributed by atoms with Crippen LogP contribution in [0.1, 0.15) is 11.1 Å². The van der Waals surface area contributed by atoms with Gasteiger partial charge in [-0.2, -0.15) is 5.26 Å². The first-order valence-electron chi connectivity index (χ1n) is 10.4. The summed E-state index contributed by atoms with van der Waals surface area (Å²) in [7, 11) is 1.75. The van der Waals surface area contributed by atoms with Crippen LogP contribution in [0.4, 0.5) is 4.79 Å². The highest BCUT2D eigenvalue weighted by Gasteiger charge is 2.18. The van der Waals surface area contributed by atoms with Gasteiger partial charge in [0.05, 0.1) is 40.1 Å². The molecule has 1 amide bonds. The molecule has 1 N–H and O–H groups in total. The van der Waals surface area contributed by atoms with Crippen LogP contribution >= 0.6 is 11.6 Å². The number of hydrogen-bond donors (Lipinski definition) is 1. The predicted octanol–water partition coefficient (Wildman–Crippen LogP) is 5.60. The van der Waals surface area contributed by atoms with Crippen LogP contribution in [-0.4, -0.2) is 25.3 Å². The number of benzene rings is 3. The molecule has 166 valence electrons. The Morgan fingerprint density at radius 1 is 1.09 bits per heavy atom. The number of aromatic nitrogens is 3. The lowest BCUT2D eigenvalue weighted by Crippen LogP contribution is -2.25. The Balaban J connectivity index is 1.96. The summed E-state index contributed by atoms with van der Waals surface area (Å²) in [5, 5.41) is 20.5. The van der Waals surface area contributed by atoms with E-state index in [0.717, 1.165) is 33.1 Å². The summed E-state index contributed by atoms with van der Waals surface area (Å²) in [4.78, 5) is 20.1. The van der Waals surface area contributed by atoms with Gasteiger partial charge in [-0.25, -0.2) is 4.79 Å². The van der Waals surface area contributed by atoms with Crippen molar-refractivity contribution < 1.29 is 9.90 Å². The summed E-state index contributed by atoms with van der Waals surface area (Å²) < 4.78 is 3.48. The third-order valence-corrected chi connectivity index (χ3v) is 6.11. The monoisotopic (exact) mass is 467 g/mol. The van der Waals surface area contributed by atoms with E-state index in [1.807, 2.05) is 55.5 Å². The molecular formula is C26H18ClN5O2. The van der Waals surface area contributed by atoms with E-state index in [9.17, 15) is 15.2 Å². The van der Waals surface area contributed by atoms with Crippen molar-refractivity contribution in [3.63, 3.8) is 0 Å². The maximum absolute atomic E-state index is 11.6. The summed E-state index contributed by atoms with van der Waals surface area (Å²) in [6, 6.07) is 21.0. The molecule has 7 nitrogen and oxygen atoms in total. The Kier molecular flexibility index (Phi) is 5.16. The average molecular weight is 468 g/mol. The van der Waals surface area contributed by atoms with Gasteiger partial charge in [0.2, 0.25) is 5.62 Å². The Morgan fingerprint density at radius 2 is 1.82 bits per heavy atom. The molecule has 2 heterocycles. The Bertz CT molecular complexity index is 1720. The number of hydrogen-bond acceptors (Lipinski definition) is 3. The van der Waals surface area contributed by atoms with Gasteiger partial charge in [0.25, 0.3) is 0 Å². The highest BCUT2D eigenvalue weighted by molar-refractivity contribution is 6.30. The maximum Gasteiger partial charge on any atom is 0.434 e. The molecule has 0 aliphatic heterocycles. The Labute approximate surface area is 199 Å². The number of aryl methyl sites for hydroxylation is 2. The van der Waals surface area contributed by atoms with Crippen LogP contribution < -0.4 is 5.62 Å². The second-order valence-electron chi connectivity index (χ2n) is 7.93. The van der Waals surface area contributed by atoms with E-state index in [1.165, 1.54) is 0 Å². The van der Waals surface area contributed by atoms with Gasteiger partial charge in [0.1, 0.15) is 0 Å². The van der Waals surface area contributed by atoms with Crippen LogP contribution in [0.2, 0.25) is 5.02 Å². The fourth-order valence-corrected chi connectivity index (χ4v) is 4.31. The molecule has 8 heteroatoms. The summed E-state index contributed by atoms with van der Waals surface area (Å²) >= 11 is 6.06. The van der Waals surface area contributed by atoms with E-state index in [0.29, 0.717) is 21.8 Å². The number of nitriles is 1. The minimum atomic E-state index is -1.31. The molecule has 5 rings (SSSR count). The van der Waals surface area contributed by atoms with Crippen LogP contribution in [-0.2, 0) is 7.05 Å². The van der Waals surface area contributed by atoms with Gasteiger partial charge in [0, 0.05) is 17.5 Å². The van der Waals surface area contributed by atoms with E-state index in [1.54, 1.807) is 34.5 Å². The van der Waals surface area contributed by atoms with Gasteiger partial charge in [-0.1, -0.05) is 35.9 Å². The molecule has 0 saturated carbocycles. The number of nitrogens with zero attached hydrogens (tertiary/aromatic N) is 5. The minimum absolute atomic E-state index is 0.215. The molecule has 0 atom stereocenters. The largest absolute Gasteiger partial charge is 0.463 e. The third-order valence-electron chi connectivity index (χ3n) is 5.86. The van der Waals surface area contributed by atoms with Gasteiger partial charge in [-0.05, 0) is 60.0 Å². The molecule has 34 heavy (non-hydrogen) atoms. The topological polar surface area (TPSA) is 96.2 Å². The van der Waals surface area contributed by atoms with E-state index >= 15 is 0 Å². The first kappa shape index (κ1) is 21.4. The highest BCUT2D eigenvalue weighted by Crippen LogP contribution is 2.31. The van der Waals surface area contributed by atoms with Gasteiger partial charge in [-0.15, -0.1) is 4.99 Å². The molecule has 0 unspecified atom stereocenters. The van der Waals surface area contributed by atoms with Crippen molar-refractivity contribution in [3.05, 3.63) is 88.6 Å². The zero-order valence-electron chi connectivity index (χ0n) is 18.3. The number of imidazole rings is 1. The average Bonchev–Trinajstić information content (AvgIpc) is 3.11. The molecule has 5 aromatic rings. The molecule has 2 aromatic heterocycles. The molecule has 0 aliphatic carbocycles. The predicted molar refractivity (Wildman–Crippen MR) is 131 cm³/mol. The minimum Gasteiger partial charge on any atom is -0.463 e. The molecule has 0 fully saturated rings. The van der Waals surface area contributed by atoms with Crippen molar-refractivity contribution in [2.45, 2.75) is 6.92 Å². The number of carboxylic acid groups (broad SMARTS) is 1. The normalized spacial score (nSPS) is 11.8. The SMILES string of the molecule is Cc1ccc(C#N)cc1-n1/c(=N/C(=O)O)n(C)c2cnc3ccc(-c4ccc(Cl)cc4)cc3c21. The van der Waals surface area contributed by atoms with Crippen LogP contribution in [0.5, 0.6) is 0 Å². The number of rotatable bonds is 2. The molecule has 0 spiro atoms. The second-order valence-corrected chi connectivity index (χ2v) is 8.37. The number of pyridine rings is 1. The lowest BCUT2D eigenvalue weighted by molar-refractivity contribution is 0.204. The van der Waals surface area contributed by atoms with Crippen molar-refractivity contribution in [2.24, 2.45) is 12.0 Å². The lowest BCUT2D eigenvalue weighted by atomic mass is 10.0. The van der Waals surface area contributed by atoms with Crippen LogP contribution in [0.25, 0.3) is 38.8 Å². The lowest BCUT2D eigenvalue weighted by Gasteiger charge is -2.11. The standard InChI is InChI=1S/C26H18ClN5O2/c1-15-3-4-16(13-28)11-22(15)32-24-20-12-18(17-5-8-19(27)9-6-17)7-10-21(20)29-14-23(24)31(2)25(32)30-26(33)34/h3-12,14H,1-2H3,(H,33,34)/b30-25+. The molecule has 0 radical (unpaired) electrons. The van der Waals surface area contributed by atoms with Crippen molar-refractivity contribution >= 4 is 39.6 Å². The summed E-state index contributed by atoms with van der Waals surface area (Å²) in [6.45, 7) is 1.91. The van der Waals surface area contributed by atoms with E-state index in [-0.39, 0.29) is 5.62 Å². The van der Waals surface area contributed by atoms with E-state index in [4.69, 9.17) is 11.6 Å². The van der Waals surface area contributed by atoms with E-state index in [2.05, 4.69) is 16.0 Å². The molecule has 3 aromatic carbocycles. The molecular weight excluding hydrogens is 450 g/mol. The number of amides is 1. The van der Waals surface area contributed by atoms with Crippen molar-refractivity contribution in [1.29, 1.82) is 5.26 Å². The van der Waals surface area contributed by atoms with Crippen LogP contribution in [0.3, 0.4) is 0 Å². The fraction of sp³-hybridized carbons (Fsp3) is 0.0769.